The van der Waals surface area contributed by atoms with Crippen LogP contribution in [0.2, 0.25) is 0 Å². The lowest BCUT2D eigenvalue weighted by Crippen LogP contribution is -2.48. The monoisotopic (exact) mass is 261 g/mol. The molecule has 1 aromatic rings. The molecule has 2 unspecified atom stereocenters. The van der Waals surface area contributed by atoms with Gasteiger partial charge < -0.3 is 15.2 Å². The summed E-state index contributed by atoms with van der Waals surface area (Å²) in [5.74, 6) is -0.160. The van der Waals surface area contributed by atoms with Gasteiger partial charge in [0.15, 0.2) is 0 Å². The third kappa shape index (κ3) is 2.03. The van der Waals surface area contributed by atoms with Crippen molar-refractivity contribution < 1.29 is 9.59 Å². The van der Waals surface area contributed by atoms with E-state index < -0.39 is 0 Å². The van der Waals surface area contributed by atoms with Crippen LogP contribution in [0, 0.1) is 5.92 Å². The highest BCUT2D eigenvalue weighted by atomic mass is 16.2. The van der Waals surface area contributed by atoms with E-state index in [9.17, 15) is 14.4 Å². The third-order valence-corrected chi connectivity index (χ3v) is 3.89. The number of rotatable bonds is 1. The van der Waals surface area contributed by atoms with Crippen LogP contribution in [0.3, 0.4) is 0 Å². The molecular weight excluding hydrogens is 246 g/mol. The van der Waals surface area contributed by atoms with Gasteiger partial charge in [0.05, 0.1) is 17.5 Å². The van der Waals surface area contributed by atoms with Crippen molar-refractivity contribution >= 4 is 11.8 Å². The highest BCUT2D eigenvalue weighted by Crippen LogP contribution is 2.28. The normalized spacial score (nSPS) is 25.9. The largest absolute Gasteiger partial charge is 0.354 e. The van der Waals surface area contributed by atoms with Crippen molar-refractivity contribution in [2.24, 2.45) is 5.92 Å². The Kier molecular flexibility index (Phi) is 2.85. The summed E-state index contributed by atoms with van der Waals surface area (Å²) in [4.78, 5) is 39.3. The molecule has 2 aliphatic rings. The molecule has 2 saturated heterocycles. The Morgan fingerprint density at radius 2 is 2.16 bits per heavy atom. The van der Waals surface area contributed by atoms with Gasteiger partial charge >= 0.3 is 0 Å². The Morgan fingerprint density at radius 3 is 2.89 bits per heavy atom. The van der Waals surface area contributed by atoms with Crippen molar-refractivity contribution in [2.75, 3.05) is 13.1 Å². The van der Waals surface area contributed by atoms with Gasteiger partial charge in [-0.25, -0.2) is 0 Å². The molecule has 19 heavy (non-hydrogen) atoms. The molecule has 2 fully saturated rings. The maximum atomic E-state index is 12.4. The molecule has 6 heteroatoms. The molecular formula is C13H15N3O3. The van der Waals surface area contributed by atoms with Crippen LogP contribution < -0.4 is 10.9 Å². The molecule has 100 valence electrons. The first kappa shape index (κ1) is 12.0. The number of aromatic amines is 1. The summed E-state index contributed by atoms with van der Waals surface area (Å²) < 4.78 is 0. The van der Waals surface area contributed by atoms with Crippen molar-refractivity contribution in [1.29, 1.82) is 0 Å². The van der Waals surface area contributed by atoms with E-state index in [0.29, 0.717) is 18.7 Å². The molecule has 0 spiro atoms. The fourth-order valence-electron chi connectivity index (χ4n) is 2.91. The summed E-state index contributed by atoms with van der Waals surface area (Å²) in [5, 5.41) is 2.82. The number of carbonyl (C=O) groups is 2. The lowest BCUT2D eigenvalue weighted by Gasteiger charge is -2.35. The molecule has 2 amide bonds. The highest BCUT2D eigenvalue weighted by Gasteiger charge is 2.42. The van der Waals surface area contributed by atoms with E-state index in [1.165, 1.54) is 18.3 Å². The summed E-state index contributed by atoms with van der Waals surface area (Å²) in [7, 11) is 0. The molecule has 0 aliphatic carbocycles. The average molecular weight is 261 g/mol. The van der Waals surface area contributed by atoms with Crippen molar-refractivity contribution in [3.8, 4) is 0 Å². The molecule has 0 radical (unpaired) electrons. The van der Waals surface area contributed by atoms with E-state index in [0.717, 1.165) is 12.8 Å². The summed E-state index contributed by atoms with van der Waals surface area (Å²) in [6.45, 7) is 1.19. The van der Waals surface area contributed by atoms with Crippen molar-refractivity contribution in [1.82, 2.24) is 15.2 Å². The summed E-state index contributed by atoms with van der Waals surface area (Å²) >= 11 is 0. The van der Waals surface area contributed by atoms with Gasteiger partial charge in [0.25, 0.3) is 5.91 Å². The lowest BCUT2D eigenvalue weighted by atomic mass is 9.91. The van der Waals surface area contributed by atoms with E-state index >= 15 is 0 Å². The van der Waals surface area contributed by atoms with Gasteiger partial charge in [-0.1, -0.05) is 0 Å². The maximum absolute atomic E-state index is 12.4. The van der Waals surface area contributed by atoms with Gasteiger partial charge in [-0.2, -0.15) is 0 Å². The van der Waals surface area contributed by atoms with E-state index in [1.807, 2.05) is 0 Å². The van der Waals surface area contributed by atoms with E-state index in [-0.39, 0.29) is 29.3 Å². The smallest absolute Gasteiger partial charge is 0.255 e. The lowest BCUT2D eigenvalue weighted by molar-refractivity contribution is -0.123. The van der Waals surface area contributed by atoms with Crippen LogP contribution in [0.4, 0.5) is 0 Å². The molecule has 1 aromatic heterocycles. The second-order valence-electron chi connectivity index (χ2n) is 5.00. The zero-order valence-electron chi connectivity index (χ0n) is 10.4. The molecule has 2 N–H and O–H groups in total. The van der Waals surface area contributed by atoms with Gasteiger partial charge in [-0.05, 0) is 18.9 Å². The number of nitrogens with zero attached hydrogens (tertiary/aromatic N) is 1. The minimum atomic E-state index is -0.231. The molecule has 6 nitrogen and oxygen atoms in total. The minimum absolute atomic E-state index is 0.0453. The predicted octanol–water partition coefficient (Wildman–Crippen LogP) is -0.275. The van der Waals surface area contributed by atoms with Crippen molar-refractivity contribution in [3.05, 3.63) is 34.2 Å². The summed E-state index contributed by atoms with van der Waals surface area (Å²) in [5.41, 5.74) is 0.227. The van der Waals surface area contributed by atoms with E-state index in [2.05, 4.69) is 10.3 Å². The first-order chi connectivity index (χ1) is 9.16. The van der Waals surface area contributed by atoms with Crippen molar-refractivity contribution in [3.63, 3.8) is 0 Å². The first-order valence-electron chi connectivity index (χ1n) is 6.44. The minimum Gasteiger partial charge on any atom is -0.354 e. The first-order valence-corrected chi connectivity index (χ1v) is 6.44. The third-order valence-electron chi connectivity index (χ3n) is 3.89. The molecule has 3 heterocycles. The van der Waals surface area contributed by atoms with Gasteiger partial charge in [0, 0.05) is 25.4 Å². The topological polar surface area (TPSA) is 82.3 Å². The Hall–Kier alpha value is -2.11. The van der Waals surface area contributed by atoms with Crippen LogP contribution in [0.15, 0.2) is 23.1 Å². The average Bonchev–Trinajstić information content (AvgIpc) is 2.81. The number of H-pyrrole nitrogens is 1. The standard InChI is InChI=1S/C13H15N3O3/c17-11-4-3-8(6-14-11)13(19)16-5-1-2-9-10(16)7-15-12(9)18/h3-4,6,9-10H,1-2,5,7H2,(H,14,17)(H,15,18). The Bertz CT molecular complexity index is 560. The molecule has 0 aromatic carbocycles. The number of hydrogen-bond donors (Lipinski definition) is 2. The van der Waals surface area contributed by atoms with Gasteiger partial charge in [-0.15, -0.1) is 0 Å². The fraction of sp³-hybridized carbons (Fsp3) is 0.462. The molecule has 2 atom stereocenters. The number of fused-ring (bicyclic) bond motifs is 1. The second-order valence-corrected chi connectivity index (χ2v) is 5.00. The van der Waals surface area contributed by atoms with Crippen LogP contribution >= 0.6 is 0 Å². The van der Waals surface area contributed by atoms with Crippen molar-refractivity contribution in [2.45, 2.75) is 18.9 Å². The van der Waals surface area contributed by atoms with Gasteiger partial charge in [-0.3, -0.25) is 14.4 Å². The number of amides is 2. The number of likely N-dealkylation sites (tertiary alicyclic amines) is 1. The number of piperidine rings is 1. The summed E-state index contributed by atoms with van der Waals surface area (Å²) in [6.07, 6.45) is 3.11. The summed E-state index contributed by atoms with van der Waals surface area (Å²) in [6, 6.07) is 2.81. The quantitative estimate of drug-likeness (QED) is 0.729. The second kappa shape index (κ2) is 4.53. The number of aromatic nitrogens is 1. The number of pyridine rings is 1. The van der Waals surface area contributed by atoms with Crippen LogP contribution in [0.1, 0.15) is 23.2 Å². The Morgan fingerprint density at radius 1 is 1.32 bits per heavy atom. The molecule has 3 rings (SSSR count). The zero-order valence-corrected chi connectivity index (χ0v) is 10.4. The van der Waals surface area contributed by atoms with Crippen LogP contribution in [0.5, 0.6) is 0 Å². The van der Waals surface area contributed by atoms with Crippen LogP contribution in [0.25, 0.3) is 0 Å². The number of carbonyl (C=O) groups excluding carboxylic acids is 2. The van der Waals surface area contributed by atoms with Crippen LogP contribution in [-0.2, 0) is 4.79 Å². The molecule has 0 bridgehead atoms. The molecule has 2 aliphatic heterocycles. The number of hydrogen-bond acceptors (Lipinski definition) is 3. The number of nitrogens with one attached hydrogen (secondary N) is 2. The fourth-order valence-corrected chi connectivity index (χ4v) is 2.91. The van der Waals surface area contributed by atoms with Gasteiger partial charge in [0.2, 0.25) is 11.5 Å². The maximum Gasteiger partial charge on any atom is 0.255 e. The van der Waals surface area contributed by atoms with Crippen LogP contribution in [-0.4, -0.2) is 40.8 Å². The van der Waals surface area contributed by atoms with E-state index in [4.69, 9.17) is 0 Å². The zero-order chi connectivity index (χ0) is 13.4. The molecule has 0 saturated carbocycles. The Labute approximate surface area is 109 Å². The Balaban J connectivity index is 1.85. The predicted molar refractivity (Wildman–Crippen MR) is 67.6 cm³/mol. The highest BCUT2D eigenvalue weighted by molar-refractivity contribution is 5.95. The van der Waals surface area contributed by atoms with Gasteiger partial charge in [0.1, 0.15) is 0 Å². The SMILES string of the molecule is O=C1NCC2C1CCCN2C(=O)c1ccc(=O)[nH]c1. The van der Waals surface area contributed by atoms with E-state index in [1.54, 1.807) is 4.90 Å².